The second-order valence-electron chi connectivity index (χ2n) is 3.51. The summed E-state index contributed by atoms with van der Waals surface area (Å²) in [5.41, 5.74) is 5.63. The lowest BCUT2D eigenvalue weighted by molar-refractivity contribution is 0.569. The summed E-state index contributed by atoms with van der Waals surface area (Å²) in [4.78, 5) is -0.125. The Morgan fingerprint density at radius 1 is 1.44 bits per heavy atom. The monoisotopic (exact) mass is 307 g/mol. The van der Waals surface area contributed by atoms with Gasteiger partial charge in [-0.15, -0.1) is 0 Å². The quantitative estimate of drug-likeness (QED) is 0.833. The van der Waals surface area contributed by atoms with Gasteiger partial charge in [-0.25, -0.2) is 8.42 Å². The Balaban J connectivity index is 3.18. The average molecular weight is 308 g/mol. The highest BCUT2D eigenvalue weighted by Gasteiger charge is 2.20. The molecule has 1 rings (SSSR count). The van der Waals surface area contributed by atoms with Gasteiger partial charge in [-0.2, -0.15) is 9.98 Å². The van der Waals surface area contributed by atoms with Gasteiger partial charge in [0, 0.05) is 0 Å². The molecule has 0 aliphatic heterocycles. The Kier molecular flexibility index (Phi) is 4.82. The van der Waals surface area contributed by atoms with Crippen LogP contribution in [0.5, 0.6) is 0 Å². The van der Waals surface area contributed by atoms with Crippen molar-refractivity contribution >= 4 is 38.9 Å². The molecule has 0 saturated heterocycles. The largest absolute Gasteiger partial charge is 0.396 e. The second-order valence-corrected chi connectivity index (χ2v) is 6.04. The van der Waals surface area contributed by atoms with Gasteiger partial charge in [-0.3, -0.25) is 0 Å². The molecule has 0 bridgehead atoms. The fourth-order valence-electron chi connectivity index (χ4n) is 1.17. The van der Waals surface area contributed by atoms with E-state index in [-0.39, 0.29) is 20.6 Å². The van der Waals surface area contributed by atoms with Crippen LogP contribution < -0.4 is 10.5 Å². The second kappa shape index (κ2) is 5.76. The first kappa shape index (κ1) is 15.1. The molecule has 5 nitrogen and oxygen atoms in total. The lowest BCUT2D eigenvalue weighted by atomic mass is 10.3. The number of nitrogens with zero attached hydrogens (tertiary/aromatic N) is 1. The number of sulfonamides is 1. The van der Waals surface area contributed by atoms with E-state index in [0.29, 0.717) is 6.42 Å². The zero-order valence-corrected chi connectivity index (χ0v) is 11.8. The Hall–Kier alpha value is -1.00. The Morgan fingerprint density at radius 3 is 2.33 bits per heavy atom. The van der Waals surface area contributed by atoms with E-state index in [4.69, 9.17) is 34.2 Å². The Labute approximate surface area is 116 Å². The van der Waals surface area contributed by atoms with Crippen molar-refractivity contribution in [2.45, 2.75) is 24.3 Å². The summed E-state index contributed by atoms with van der Waals surface area (Å²) in [5, 5.41) is 8.84. The summed E-state index contributed by atoms with van der Waals surface area (Å²) in [6, 6.07) is 3.42. The molecule has 1 aromatic rings. The summed E-state index contributed by atoms with van der Waals surface area (Å²) in [7, 11) is -3.84. The summed E-state index contributed by atoms with van der Waals surface area (Å²) in [5.74, 6) is 0. The highest BCUT2D eigenvalue weighted by molar-refractivity contribution is 7.89. The standard InChI is InChI=1S/C10H11Cl2N3O2S/c1-2-6(5-13)15-18(16,17)7-3-8(11)10(14)9(12)4-7/h3-4,6,15H,2,14H2,1H3. The van der Waals surface area contributed by atoms with Crippen molar-refractivity contribution in [1.82, 2.24) is 4.72 Å². The third kappa shape index (κ3) is 3.27. The van der Waals surface area contributed by atoms with Crippen molar-refractivity contribution in [1.29, 1.82) is 5.26 Å². The smallest absolute Gasteiger partial charge is 0.241 e. The zero-order chi connectivity index (χ0) is 13.9. The molecular formula is C10H11Cl2N3O2S. The van der Waals surface area contributed by atoms with E-state index in [2.05, 4.69) is 4.72 Å². The number of rotatable bonds is 4. The van der Waals surface area contributed by atoms with Crippen molar-refractivity contribution in [2.75, 3.05) is 5.73 Å². The lowest BCUT2D eigenvalue weighted by Gasteiger charge is -2.11. The van der Waals surface area contributed by atoms with E-state index in [1.165, 1.54) is 12.1 Å². The molecule has 1 atom stereocenters. The molecule has 8 heteroatoms. The van der Waals surface area contributed by atoms with Gasteiger partial charge in [0.1, 0.15) is 6.04 Å². The van der Waals surface area contributed by atoms with E-state index in [0.717, 1.165) is 0 Å². The van der Waals surface area contributed by atoms with Gasteiger partial charge in [0.05, 0.1) is 26.7 Å². The molecule has 0 radical (unpaired) electrons. The highest BCUT2D eigenvalue weighted by atomic mass is 35.5. The SMILES string of the molecule is CCC(C#N)NS(=O)(=O)c1cc(Cl)c(N)c(Cl)c1. The predicted molar refractivity (Wildman–Crippen MR) is 70.9 cm³/mol. The van der Waals surface area contributed by atoms with Gasteiger partial charge >= 0.3 is 0 Å². The topological polar surface area (TPSA) is 96.0 Å². The summed E-state index contributed by atoms with van der Waals surface area (Å²) >= 11 is 11.5. The van der Waals surface area contributed by atoms with Crippen molar-refractivity contribution in [3.63, 3.8) is 0 Å². The van der Waals surface area contributed by atoms with E-state index >= 15 is 0 Å². The van der Waals surface area contributed by atoms with E-state index in [1.807, 2.05) is 6.07 Å². The van der Waals surface area contributed by atoms with Gasteiger partial charge in [0.25, 0.3) is 0 Å². The molecule has 1 aromatic carbocycles. The molecule has 0 saturated carbocycles. The third-order valence-corrected chi connectivity index (χ3v) is 4.30. The predicted octanol–water partition coefficient (Wildman–Crippen LogP) is 2.16. The first-order valence-corrected chi connectivity index (χ1v) is 7.22. The number of halogens is 2. The van der Waals surface area contributed by atoms with Crippen LogP contribution in [0.2, 0.25) is 10.0 Å². The van der Waals surface area contributed by atoms with Gasteiger partial charge in [-0.05, 0) is 18.6 Å². The first-order chi connectivity index (χ1) is 8.31. The average Bonchev–Trinajstić information content (AvgIpc) is 2.32. The van der Waals surface area contributed by atoms with Gasteiger partial charge < -0.3 is 5.73 Å². The van der Waals surface area contributed by atoms with Crippen LogP contribution in [0, 0.1) is 11.3 Å². The number of nitriles is 1. The molecule has 1 unspecified atom stereocenters. The molecule has 18 heavy (non-hydrogen) atoms. The molecule has 0 spiro atoms. The molecule has 0 amide bonds. The molecule has 0 aromatic heterocycles. The molecular weight excluding hydrogens is 297 g/mol. The maximum absolute atomic E-state index is 12.0. The van der Waals surface area contributed by atoms with Crippen LogP contribution in [-0.2, 0) is 10.0 Å². The molecule has 0 aliphatic carbocycles. The van der Waals surface area contributed by atoms with Crippen LogP contribution in [0.4, 0.5) is 5.69 Å². The van der Waals surface area contributed by atoms with Crippen molar-refractivity contribution < 1.29 is 8.42 Å². The highest BCUT2D eigenvalue weighted by Crippen LogP contribution is 2.30. The van der Waals surface area contributed by atoms with Crippen LogP contribution in [0.1, 0.15) is 13.3 Å². The number of nitrogen functional groups attached to an aromatic ring is 1. The van der Waals surface area contributed by atoms with E-state index < -0.39 is 16.1 Å². The number of anilines is 1. The zero-order valence-electron chi connectivity index (χ0n) is 9.44. The van der Waals surface area contributed by atoms with E-state index in [9.17, 15) is 8.42 Å². The number of benzene rings is 1. The molecule has 0 aliphatic rings. The number of hydrogen-bond acceptors (Lipinski definition) is 4. The summed E-state index contributed by atoms with van der Waals surface area (Å²) < 4.78 is 26.1. The molecule has 98 valence electrons. The molecule has 0 fully saturated rings. The maximum Gasteiger partial charge on any atom is 0.241 e. The maximum atomic E-state index is 12.0. The Bertz CT molecular complexity index is 573. The van der Waals surface area contributed by atoms with Crippen LogP contribution in [0.15, 0.2) is 17.0 Å². The van der Waals surface area contributed by atoms with Crippen molar-refractivity contribution in [3.8, 4) is 6.07 Å². The summed E-state index contributed by atoms with van der Waals surface area (Å²) in [6.07, 6.45) is 0.353. The third-order valence-electron chi connectivity index (χ3n) is 2.22. The molecule has 0 heterocycles. The van der Waals surface area contributed by atoms with Crippen LogP contribution >= 0.6 is 23.2 Å². The van der Waals surface area contributed by atoms with Crippen molar-refractivity contribution in [2.24, 2.45) is 0 Å². The minimum absolute atomic E-state index is 0.0490. The van der Waals surface area contributed by atoms with Crippen molar-refractivity contribution in [3.05, 3.63) is 22.2 Å². The van der Waals surface area contributed by atoms with Gasteiger partial charge in [0.15, 0.2) is 0 Å². The fourth-order valence-corrected chi connectivity index (χ4v) is 3.06. The lowest BCUT2D eigenvalue weighted by Crippen LogP contribution is -2.33. The Morgan fingerprint density at radius 2 is 1.94 bits per heavy atom. The summed E-state index contributed by atoms with van der Waals surface area (Å²) in [6.45, 7) is 1.69. The minimum atomic E-state index is -3.84. The number of nitrogens with two attached hydrogens (primary N) is 1. The fraction of sp³-hybridized carbons (Fsp3) is 0.300. The minimum Gasteiger partial charge on any atom is -0.396 e. The molecule has 3 N–H and O–H groups in total. The number of nitrogens with one attached hydrogen (secondary N) is 1. The van der Waals surface area contributed by atoms with Gasteiger partial charge in [-0.1, -0.05) is 30.1 Å². The van der Waals surface area contributed by atoms with Crippen LogP contribution in [-0.4, -0.2) is 14.5 Å². The van der Waals surface area contributed by atoms with Crippen LogP contribution in [0.25, 0.3) is 0 Å². The normalized spacial score (nSPS) is 13.0. The van der Waals surface area contributed by atoms with E-state index in [1.54, 1.807) is 6.92 Å². The first-order valence-electron chi connectivity index (χ1n) is 4.98. The number of hydrogen-bond donors (Lipinski definition) is 2. The van der Waals surface area contributed by atoms with Gasteiger partial charge in [0.2, 0.25) is 10.0 Å². The van der Waals surface area contributed by atoms with Crippen LogP contribution in [0.3, 0.4) is 0 Å².